The standard InChI is InChI=1S/C15H24N2O2S/c1-3-11-20(18,19)15-9-5-4-8-14(15)17(2)13-7-6-10-16-12-13/h4-5,8-9,13,16H,3,6-7,10-12H2,1-2H3. The van der Waals surface area contributed by atoms with Gasteiger partial charge in [0.05, 0.1) is 16.3 Å². The number of anilines is 1. The van der Waals surface area contributed by atoms with Crippen LogP contribution in [0.3, 0.4) is 0 Å². The molecule has 0 saturated carbocycles. The van der Waals surface area contributed by atoms with Gasteiger partial charge in [-0.05, 0) is 37.9 Å². The third-order valence-corrected chi connectivity index (χ3v) is 5.83. The molecule has 20 heavy (non-hydrogen) atoms. The number of rotatable bonds is 5. The van der Waals surface area contributed by atoms with Crippen molar-refractivity contribution in [3.8, 4) is 0 Å². The van der Waals surface area contributed by atoms with Crippen LogP contribution in [0, 0.1) is 0 Å². The third-order valence-electron chi connectivity index (χ3n) is 3.87. The average molecular weight is 296 g/mol. The maximum Gasteiger partial charge on any atom is 0.180 e. The first kappa shape index (κ1) is 15.3. The molecule has 2 rings (SSSR count). The highest BCUT2D eigenvalue weighted by molar-refractivity contribution is 7.91. The summed E-state index contributed by atoms with van der Waals surface area (Å²) in [5.41, 5.74) is 0.828. The van der Waals surface area contributed by atoms with Gasteiger partial charge >= 0.3 is 0 Å². The van der Waals surface area contributed by atoms with E-state index in [1.165, 1.54) is 0 Å². The Morgan fingerprint density at radius 1 is 1.35 bits per heavy atom. The first-order chi connectivity index (χ1) is 9.56. The van der Waals surface area contributed by atoms with Gasteiger partial charge in [-0.15, -0.1) is 0 Å². The lowest BCUT2D eigenvalue weighted by molar-refractivity contribution is 0.444. The molecular weight excluding hydrogens is 272 g/mol. The molecule has 0 bridgehead atoms. The van der Waals surface area contributed by atoms with Gasteiger partial charge in [0, 0.05) is 19.6 Å². The lowest BCUT2D eigenvalue weighted by atomic mass is 10.1. The fourth-order valence-corrected chi connectivity index (χ4v) is 4.32. The smallest absolute Gasteiger partial charge is 0.180 e. The van der Waals surface area contributed by atoms with Crippen molar-refractivity contribution in [3.05, 3.63) is 24.3 Å². The summed E-state index contributed by atoms with van der Waals surface area (Å²) in [7, 11) is -1.19. The van der Waals surface area contributed by atoms with Crippen molar-refractivity contribution in [2.45, 2.75) is 37.1 Å². The van der Waals surface area contributed by atoms with Gasteiger partial charge in [0.25, 0.3) is 0 Å². The molecule has 1 aliphatic heterocycles. The first-order valence-corrected chi connectivity index (χ1v) is 8.97. The molecule has 112 valence electrons. The molecule has 1 aromatic rings. The summed E-state index contributed by atoms with van der Waals surface area (Å²) in [6.07, 6.45) is 2.88. The Morgan fingerprint density at radius 3 is 2.75 bits per heavy atom. The first-order valence-electron chi connectivity index (χ1n) is 7.31. The van der Waals surface area contributed by atoms with E-state index in [1.54, 1.807) is 12.1 Å². The van der Waals surface area contributed by atoms with Crippen LogP contribution in [-0.2, 0) is 9.84 Å². The van der Waals surface area contributed by atoms with Crippen LogP contribution in [-0.4, -0.2) is 40.3 Å². The predicted molar refractivity (Wildman–Crippen MR) is 83.1 cm³/mol. The molecule has 1 fully saturated rings. The molecule has 1 heterocycles. The number of hydrogen-bond acceptors (Lipinski definition) is 4. The monoisotopic (exact) mass is 296 g/mol. The molecule has 5 heteroatoms. The minimum Gasteiger partial charge on any atom is -0.369 e. The molecule has 0 amide bonds. The molecule has 1 atom stereocenters. The van der Waals surface area contributed by atoms with E-state index in [2.05, 4.69) is 10.2 Å². The Morgan fingerprint density at radius 2 is 2.10 bits per heavy atom. The second kappa shape index (κ2) is 6.59. The van der Waals surface area contributed by atoms with Gasteiger partial charge in [-0.25, -0.2) is 8.42 Å². The van der Waals surface area contributed by atoms with Gasteiger partial charge in [-0.3, -0.25) is 0 Å². The van der Waals surface area contributed by atoms with Crippen LogP contribution in [0.25, 0.3) is 0 Å². The maximum absolute atomic E-state index is 12.4. The normalized spacial score (nSPS) is 19.8. The summed E-state index contributed by atoms with van der Waals surface area (Å²) in [6.45, 7) is 3.87. The van der Waals surface area contributed by atoms with Crippen molar-refractivity contribution in [2.75, 3.05) is 30.8 Å². The topological polar surface area (TPSA) is 49.4 Å². The van der Waals surface area contributed by atoms with Crippen molar-refractivity contribution >= 4 is 15.5 Å². The fourth-order valence-electron chi connectivity index (χ4n) is 2.75. The number of hydrogen-bond donors (Lipinski definition) is 1. The Hall–Kier alpha value is -1.07. The van der Waals surface area contributed by atoms with Crippen LogP contribution in [0.1, 0.15) is 26.2 Å². The van der Waals surface area contributed by atoms with Crippen LogP contribution in [0.15, 0.2) is 29.2 Å². The van der Waals surface area contributed by atoms with E-state index in [9.17, 15) is 8.42 Å². The van der Waals surface area contributed by atoms with E-state index < -0.39 is 9.84 Å². The van der Waals surface area contributed by atoms with Gasteiger partial charge in [-0.2, -0.15) is 0 Å². The lowest BCUT2D eigenvalue weighted by Gasteiger charge is -2.34. The number of benzene rings is 1. The highest BCUT2D eigenvalue weighted by Gasteiger charge is 2.24. The third kappa shape index (κ3) is 3.33. The van der Waals surface area contributed by atoms with Crippen molar-refractivity contribution in [1.29, 1.82) is 0 Å². The second-order valence-corrected chi connectivity index (χ2v) is 7.48. The fraction of sp³-hybridized carbons (Fsp3) is 0.600. The van der Waals surface area contributed by atoms with Crippen LogP contribution in [0.4, 0.5) is 5.69 Å². The van der Waals surface area contributed by atoms with Crippen LogP contribution < -0.4 is 10.2 Å². The Labute approximate surface area is 122 Å². The molecule has 1 unspecified atom stereocenters. The zero-order valence-electron chi connectivity index (χ0n) is 12.3. The zero-order chi connectivity index (χ0) is 14.6. The SMILES string of the molecule is CCCS(=O)(=O)c1ccccc1N(C)C1CCCNC1. The molecule has 1 aliphatic rings. The van der Waals surface area contributed by atoms with Gasteiger partial charge in [0.15, 0.2) is 9.84 Å². The van der Waals surface area contributed by atoms with Crippen molar-refractivity contribution in [3.63, 3.8) is 0 Å². The van der Waals surface area contributed by atoms with E-state index in [0.29, 0.717) is 17.4 Å². The summed E-state index contributed by atoms with van der Waals surface area (Å²) >= 11 is 0. The number of sulfone groups is 1. The Bertz CT molecular complexity index is 537. The number of likely N-dealkylation sites (N-methyl/N-ethyl adjacent to an activating group) is 1. The molecule has 1 saturated heterocycles. The molecule has 1 N–H and O–H groups in total. The van der Waals surface area contributed by atoms with Crippen molar-refractivity contribution in [2.24, 2.45) is 0 Å². The molecule has 0 radical (unpaired) electrons. The second-order valence-electron chi connectivity index (χ2n) is 5.40. The van der Waals surface area contributed by atoms with E-state index in [0.717, 1.165) is 31.6 Å². The number of nitrogens with one attached hydrogen (secondary N) is 1. The maximum atomic E-state index is 12.4. The number of nitrogens with zero attached hydrogens (tertiary/aromatic N) is 1. The highest BCUT2D eigenvalue weighted by Crippen LogP contribution is 2.28. The molecule has 0 aliphatic carbocycles. The van der Waals surface area contributed by atoms with E-state index in [1.807, 2.05) is 26.1 Å². The molecule has 0 spiro atoms. The van der Waals surface area contributed by atoms with Crippen molar-refractivity contribution < 1.29 is 8.42 Å². The summed E-state index contributed by atoms with van der Waals surface area (Å²) in [5.74, 6) is 0.209. The summed E-state index contributed by atoms with van der Waals surface area (Å²) in [4.78, 5) is 2.59. The summed E-state index contributed by atoms with van der Waals surface area (Å²) in [6, 6.07) is 7.72. The summed E-state index contributed by atoms with van der Waals surface area (Å²) in [5, 5.41) is 3.38. The predicted octanol–water partition coefficient (Wildman–Crippen LogP) is 2.06. The van der Waals surface area contributed by atoms with Gasteiger partial charge in [0.2, 0.25) is 0 Å². The van der Waals surface area contributed by atoms with E-state index >= 15 is 0 Å². The molecular formula is C15H24N2O2S. The molecule has 1 aromatic carbocycles. The van der Waals surface area contributed by atoms with Gasteiger partial charge in [-0.1, -0.05) is 19.1 Å². The van der Waals surface area contributed by atoms with Crippen LogP contribution in [0.5, 0.6) is 0 Å². The minimum absolute atomic E-state index is 0.209. The summed E-state index contributed by atoms with van der Waals surface area (Å²) < 4.78 is 24.8. The average Bonchev–Trinajstić information content (AvgIpc) is 2.47. The van der Waals surface area contributed by atoms with Gasteiger partial charge < -0.3 is 10.2 Å². The Balaban J connectivity index is 2.32. The Kier molecular flexibility index (Phi) is 5.05. The van der Waals surface area contributed by atoms with Crippen LogP contribution >= 0.6 is 0 Å². The van der Waals surface area contributed by atoms with E-state index in [-0.39, 0.29) is 5.75 Å². The zero-order valence-corrected chi connectivity index (χ0v) is 13.1. The van der Waals surface area contributed by atoms with Crippen LogP contribution in [0.2, 0.25) is 0 Å². The van der Waals surface area contributed by atoms with Crippen molar-refractivity contribution in [1.82, 2.24) is 5.32 Å². The highest BCUT2D eigenvalue weighted by atomic mass is 32.2. The largest absolute Gasteiger partial charge is 0.369 e. The number of piperidine rings is 1. The molecule has 0 aromatic heterocycles. The number of para-hydroxylation sites is 1. The quantitative estimate of drug-likeness (QED) is 0.903. The molecule has 4 nitrogen and oxygen atoms in total. The van der Waals surface area contributed by atoms with Gasteiger partial charge in [0.1, 0.15) is 0 Å². The minimum atomic E-state index is -3.19. The van der Waals surface area contributed by atoms with E-state index in [4.69, 9.17) is 0 Å². The lowest BCUT2D eigenvalue weighted by Crippen LogP contribution is -2.44.